The summed E-state index contributed by atoms with van der Waals surface area (Å²) >= 11 is 7.12. The van der Waals surface area contributed by atoms with Gasteiger partial charge >= 0.3 is 0 Å². The molecule has 0 fully saturated rings. The number of hydrogen-bond donors (Lipinski definition) is 0. The number of aromatic nitrogens is 2. The number of nitrogens with zero attached hydrogens (tertiary/aromatic N) is 2. The average molecular weight is 215 g/mol. The first-order valence-corrected chi connectivity index (χ1v) is 5.02. The molecule has 0 radical (unpaired) electrons. The normalized spacial score (nSPS) is 9.69. The van der Waals surface area contributed by atoms with Crippen LogP contribution in [0.25, 0.3) is 0 Å². The van der Waals surface area contributed by atoms with Crippen molar-refractivity contribution in [2.75, 3.05) is 6.26 Å². The van der Waals surface area contributed by atoms with Crippen LogP contribution in [-0.4, -0.2) is 22.0 Å². The second-order valence-corrected chi connectivity index (χ2v) is 3.26. The maximum absolute atomic E-state index is 11.1. The molecule has 1 aromatic rings. The average Bonchev–Trinajstić information content (AvgIpc) is 2.16. The number of halogens is 1. The number of rotatable bonds is 3. The SMILES string of the molecule is C=CC(=O)c1cnc(SC)nc1Cl. The standard InChI is InChI=1S/C8H7ClN2OS/c1-3-6(12)5-4-10-8(13-2)11-7(5)9/h3-4H,1H2,2H3. The van der Waals surface area contributed by atoms with Gasteiger partial charge in [0.1, 0.15) is 5.15 Å². The van der Waals surface area contributed by atoms with Gasteiger partial charge < -0.3 is 0 Å². The largest absolute Gasteiger partial charge is 0.289 e. The van der Waals surface area contributed by atoms with Crippen LogP contribution in [0.5, 0.6) is 0 Å². The van der Waals surface area contributed by atoms with Crippen LogP contribution in [0.1, 0.15) is 10.4 Å². The van der Waals surface area contributed by atoms with E-state index in [4.69, 9.17) is 11.6 Å². The van der Waals surface area contributed by atoms with E-state index in [1.807, 2.05) is 6.26 Å². The Labute approximate surface area is 85.2 Å². The molecule has 0 saturated heterocycles. The Bertz CT molecular complexity index is 354. The van der Waals surface area contributed by atoms with Crippen LogP contribution >= 0.6 is 23.4 Å². The second kappa shape index (κ2) is 4.39. The van der Waals surface area contributed by atoms with E-state index >= 15 is 0 Å². The van der Waals surface area contributed by atoms with E-state index in [0.717, 1.165) is 0 Å². The first-order chi connectivity index (χ1) is 6.19. The van der Waals surface area contributed by atoms with Crippen LogP contribution < -0.4 is 0 Å². The van der Waals surface area contributed by atoms with Gasteiger partial charge in [0.05, 0.1) is 5.56 Å². The molecule has 0 atom stereocenters. The number of hydrogen-bond acceptors (Lipinski definition) is 4. The van der Waals surface area contributed by atoms with E-state index in [9.17, 15) is 4.79 Å². The molecule has 13 heavy (non-hydrogen) atoms. The maximum Gasteiger partial charge on any atom is 0.189 e. The molecular weight excluding hydrogens is 208 g/mol. The Morgan fingerprint density at radius 1 is 1.77 bits per heavy atom. The lowest BCUT2D eigenvalue weighted by Gasteiger charge is -1.99. The van der Waals surface area contributed by atoms with Crippen LogP contribution in [0.4, 0.5) is 0 Å². The van der Waals surface area contributed by atoms with Crippen molar-refractivity contribution in [1.29, 1.82) is 0 Å². The lowest BCUT2D eigenvalue weighted by molar-refractivity contribution is 0.104. The monoisotopic (exact) mass is 214 g/mol. The fourth-order valence-corrected chi connectivity index (χ4v) is 1.33. The van der Waals surface area contributed by atoms with Gasteiger partial charge in [0.25, 0.3) is 0 Å². The Hall–Kier alpha value is -0.870. The summed E-state index contributed by atoms with van der Waals surface area (Å²) in [4.78, 5) is 19.0. The summed E-state index contributed by atoms with van der Waals surface area (Å²) in [6.07, 6.45) is 4.43. The molecule has 0 N–H and O–H groups in total. The fourth-order valence-electron chi connectivity index (χ4n) is 0.720. The van der Waals surface area contributed by atoms with Crippen LogP contribution in [-0.2, 0) is 0 Å². The highest BCUT2D eigenvalue weighted by Crippen LogP contribution is 2.16. The third-order valence-electron chi connectivity index (χ3n) is 1.35. The van der Waals surface area contributed by atoms with Gasteiger partial charge in [-0.15, -0.1) is 0 Å². The molecule has 0 aromatic carbocycles. The zero-order valence-electron chi connectivity index (χ0n) is 6.95. The van der Waals surface area contributed by atoms with Crippen molar-refractivity contribution in [1.82, 2.24) is 9.97 Å². The van der Waals surface area contributed by atoms with Crippen LogP contribution in [0.15, 0.2) is 24.0 Å². The van der Waals surface area contributed by atoms with E-state index in [0.29, 0.717) is 5.16 Å². The predicted molar refractivity (Wildman–Crippen MR) is 53.4 cm³/mol. The Morgan fingerprint density at radius 3 is 2.92 bits per heavy atom. The molecule has 0 spiro atoms. The highest BCUT2D eigenvalue weighted by molar-refractivity contribution is 7.98. The molecular formula is C8H7ClN2OS. The Balaban J connectivity index is 3.12. The van der Waals surface area contributed by atoms with Crippen molar-refractivity contribution in [2.24, 2.45) is 0 Å². The molecule has 1 aromatic heterocycles. The summed E-state index contributed by atoms with van der Waals surface area (Å²) in [6.45, 7) is 3.35. The number of carbonyl (C=O) groups excluding carboxylic acids is 1. The zero-order valence-corrected chi connectivity index (χ0v) is 8.52. The van der Waals surface area contributed by atoms with Crippen molar-refractivity contribution < 1.29 is 4.79 Å². The molecule has 68 valence electrons. The van der Waals surface area contributed by atoms with E-state index in [-0.39, 0.29) is 16.5 Å². The van der Waals surface area contributed by atoms with E-state index in [1.165, 1.54) is 24.0 Å². The molecule has 0 saturated carbocycles. The van der Waals surface area contributed by atoms with Gasteiger partial charge in [0.2, 0.25) is 0 Å². The van der Waals surface area contributed by atoms with Crippen molar-refractivity contribution >= 4 is 29.1 Å². The van der Waals surface area contributed by atoms with Crippen molar-refractivity contribution in [3.8, 4) is 0 Å². The molecule has 0 unspecified atom stereocenters. The fraction of sp³-hybridized carbons (Fsp3) is 0.125. The molecule has 3 nitrogen and oxygen atoms in total. The molecule has 0 aliphatic carbocycles. The van der Waals surface area contributed by atoms with Crippen molar-refractivity contribution in [3.05, 3.63) is 29.6 Å². The van der Waals surface area contributed by atoms with E-state index < -0.39 is 0 Å². The molecule has 0 bridgehead atoms. The predicted octanol–water partition coefficient (Wildman–Crippen LogP) is 2.22. The minimum Gasteiger partial charge on any atom is -0.289 e. The molecule has 0 aliphatic heterocycles. The topological polar surface area (TPSA) is 42.9 Å². The van der Waals surface area contributed by atoms with Gasteiger partial charge in [-0.2, -0.15) is 0 Å². The number of allylic oxidation sites excluding steroid dienone is 1. The van der Waals surface area contributed by atoms with Gasteiger partial charge in [-0.25, -0.2) is 9.97 Å². The summed E-state index contributed by atoms with van der Waals surface area (Å²) < 4.78 is 0. The highest BCUT2D eigenvalue weighted by Gasteiger charge is 2.09. The number of carbonyl (C=O) groups is 1. The minimum atomic E-state index is -0.266. The first kappa shape index (κ1) is 10.2. The summed E-state index contributed by atoms with van der Waals surface area (Å²) in [6, 6.07) is 0. The Kier molecular flexibility index (Phi) is 3.45. The second-order valence-electron chi connectivity index (χ2n) is 2.13. The lowest BCUT2D eigenvalue weighted by Crippen LogP contribution is -1.99. The minimum absolute atomic E-state index is 0.171. The van der Waals surface area contributed by atoms with Crippen LogP contribution in [0.2, 0.25) is 5.15 Å². The third kappa shape index (κ3) is 2.29. The first-order valence-electron chi connectivity index (χ1n) is 3.42. The maximum atomic E-state index is 11.1. The van der Waals surface area contributed by atoms with E-state index in [2.05, 4.69) is 16.5 Å². The van der Waals surface area contributed by atoms with Gasteiger partial charge in [-0.05, 0) is 12.3 Å². The van der Waals surface area contributed by atoms with E-state index in [1.54, 1.807) is 0 Å². The third-order valence-corrected chi connectivity index (χ3v) is 2.20. The van der Waals surface area contributed by atoms with Crippen molar-refractivity contribution in [2.45, 2.75) is 5.16 Å². The Morgan fingerprint density at radius 2 is 2.46 bits per heavy atom. The summed E-state index contributed by atoms with van der Waals surface area (Å²) in [5.74, 6) is -0.266. The van der Waals surface area contributed by atoms with Crippen LogP contribution in [0, 0.1) is 0 Å². The summed E-state index contributed by atoms with van der Waals surface area (Å²) in [5, 5.41) is 0.717. The van der Waals surface area contributed by atoms with Gasteiger partial charge in [-0.3, -0.25) is 4.79 Å². The molecule has 0 amide bonds. The van der Waals surface area contributed by atoms with Crippen LogP contribution in [0.3, 0.4) is 0 Å². The molecule has 1 heterocycles. The quantitative estimate of drug-likeness (QED) is 0.254. The highest BCUT2D eigenvalue weighted by atomic mass is 35.5. The summed E-state index contributed by atoms with van der Waals surface area (Å²) in [7, 11) is 0. The number of thioether (sulfide) groups is 1. The molecule has 0 aliphatic rings. The van der Waals surface area contributed by atoms with Gasteiger partial charge in [0, 0.05) is 6.20 Å². The summed E-state index contributed by atoms with van der Waals surface area (Å²) in [5.41, 5.74) is 0.287. The molecule has 1 rings (SSSR count). The van der Waals surface area contributed by atoms with Gasteiger partial charge in [-0.1, -0.05) is 29.9 Å². The zero-order chi connectivity index (χ0) is 9.84. The van der Waals surface area contributed by atoms with Crippen molar-refractivity contribution in [3.63, 3.8) is 0 Å². The number of ketones is 1. The lowest BCUT2D eigenvalue weighted by atomic mass is 10.2. The molecule has 5 heteroatoms. The van der Waals surface area contributed by atoms with Gasteiger partial charge in [0.15, 0.2) is 10.9 Å². The smallest absolute Gasteiger partial charge is 0.189 e.